The highest BCUT2D eigenvalue weighted by Crippen LogP contribution is 2.14. The highest BCUT2D eigenvalue weighted by Gasteiger charge is 2.20. The molecule has 22 heavy (non-hydrogen) atoms. The van der Waals surface area contributed by atoms with E-state index in [9.17, 15) is 4.79 Å². The van der Waals surface area contributed by atoms with Crippen molar-refractivity contribution >= 4 is 23.1 Å². The van der Waals surface area contributed by atoms with Crippen molar-refractivity contribution in [3.05, 3.63) is 34.4 Å². The Morgan fingerprint density at radius 2 is 2.23 bits per heavy atom. The van der Waals surface area contributed by atoms with Crippen LogP contribution < -0.4 is 4.90 Å². The summed E-state index contributed by atoms with van der Waals surface area (Å²) in [5.41, 5.74) is 0.877. The highest BCUT2D eigenvalue weighted by molar-refractivity contribution is 7.09. The lowest BCUT2D eigenvalue weighted by Crippen LogP contribution is -2.36. The van der Waals surface area contributed by atoms with Gasteiger partial charge in [-0.2, -0.15) is 5.10 Å². The molecule has 116 valence electrons. The number of aromatic nitrogens is 3. The van der Waals surface area contributed by atoms with Gasteiger partial charge in [-0.3, -0.25) is 4.79 Å². The molecule has 0 N–H and O–H groups in total. The number of rotatable bonds is 3. The van der Waals surface area contributed by atoms with Crippen molar-refractivity contribution in [1.82, 2.24) is 20.1 Å². The summed E-state index contributed by atoms with van der Waals surface area (Å²) in [6.07, 6.45) is 3.01. The first-order valence-electron chi connectivity index (χ1n) is 7.44. The number of hydrogen-bond donors (Lipinski definition) is 0. The second kappa shape index (κ2) is 6.83. The Morgan fingerprint density at radius 3 is 2.95 bits per heavy atom. The molecule has 3 rings (SSSR count). The molecule has 6 nitrogen and oxygen atoms in total. The third kappa shape index (κ3) is 3.59. The van der Waals surface area contributed by atoms with E-state index in [0.717, 1.165) is 49.1 Å². The first kappa shape index (κ1) is 14.9. The van der Waals surface area contributed by atoms with E-state index in [1.54, 1.807) is 17.5 Å². The molecule has 0 aliphatic carbocycles. The van der Waals surface area contributed by atoms with Crippen LogP contribution >= 0.6 is 11.3 Å². The van der Waals surface area contributed by atoms with Gasteiger partial charge in [-0.1, -0.05) is 0 Å². The maximum Gasteiger partial charge on any atom is 0.228 e. The molecule has 0 aromatic carbocycles. The van der Waals surface area contributed by atoms with Gasteiger partial charge >= 0.3 is 0 Å². The van der Waals surface area contributed by atoms with Crippen LogP contribution in [0.3, 0.4) is 0 Å². The molecule has 0 unspecified atom stereocenters. The predicted molar refractivity (Wildman–Crippen MR) is 86.0 cm³/mol. The molecule has 2 aromatic heterocycles. The van der Waals surface area contributed by atoms with Crippen molar-refractivity contribution in [3.63, 3.8) is 0 Å². The predicted octanol–water partition coefficient (Wildman–Crippen LogP) is 1.52. The third-order valence-electron chi connectivity index (χ3n) is 3.73. The topological polar surface area (TPSA) is 62.2 Å². The third-order valence-corrected chi connectivity index (χ3v) is 4.55. The number of aryl methyl sites for hydroxylation is 1. The number of carbonyl (C=O) groups is 1. The lowest BCUT2D eigenvalue weighted by Gasteiger charge is -2.22. The molecule has 3 heterocycles. The smallest absolute Gasteiger partial charge is 0.228 e. The number of amides is 1. The van der Waals surface area contributed by atoms with Crippen molar-refractivity contribution in [2.75, 3.05) is 31.1 Å². The largest absolute Gasteiger partial charge is 0.353 e. The van der Waals surface area contributed by atoms with Crippen molar-refractivity contribution in [2.45, 2.75) is 19.8 Å². The average Bonchev–Trinajstić information content (AvgIpc) is 2.80. The summed E-state index contributed by atoms with van der Waals surface area (Å²) in [6.45, 7) is 5.17. The summed E-state index contributed by atoms with van der Waals surface area (Å²) in [5, 5.41) is 11.0. The van der Waals surface area contributed by atoms with Gasteiger partial charge in [-0.05, 0) is 25.5 Å². The molecule has 0 radical (unpaired) electrons. The Labute approximate surface area is 133 Å². The summed E-state index contributed by atoms with van der Waals surface area (Å²) in [5.74, 6) is 1.04. The highest BCUT2D eigenvalue weighted by atomic mass is 32.1. The van der Waals surface area contributed by atoms with E-state index in [1.807, 2.05) is 29.3 Å². The maximum atomic E-state index is 12.4. The molecule has 0 spiro atoms. The zero-order chi connectivity index (χ0) is 15.4. The fraction of sp³-hybridized carbons (Fsp3) is 0.467. The van der Waals surface area contributed by atoms with Gasteiger partial charge in [-0.15, -0.1) is 16.4 Å². The Balaban J connectivity index is 1.59. The lowest BCUT2D eigenvalue weighted by molar-refractivity contribution is -0.130. The molecule has 1 aliphatic heterocycles. The molecule has 0 saturated carbocycles. The van der Waals surface area contributed by atoms with Crippen molar-refractivity contribution in [2.24, 2.45) is 0 Å². The minimum absolute atomic E-state index is 0.159. The van der Waals surface area contributed by atoms with Crippen molar-refractivity contribution in [3.8, 4) is 0 Å². The number of anilines is 1. The standard InChI is InChI=1S/C15H19N5OS/c1-12-17-13(11-22-12)10-15(21)20-7-3-6-19(8-9-20)14-4-2-5-16-18-14/h2,4-5,11H,3,6-10H2,1H3. The maximum absolute atomic E-state index is 12.4. The molecule has 0 atom stereocenters. The number of thiazole rings is 1. The summed E-state index contributed by atoms with van der Waals surface area (Å²) in [4.78, 5) is 20.9. The second-order valence-electron chi connectivity index (χ2n) is 5.34. The van der Waals surface area contributed by atoms with Crippen LogP contribution in [0, 0.1) is 6.92 Å². The van der Waals surface area contributed by atoms with E-state index < -0.39 is 0 Å². The van der Waals surface area contributed by atoms with Crippen molar-refractivity contribution < 1.29 is 4.79 Å². The SMILES string of the molecule is Cc1nc(CC(=O)N2CCCN(c3cccnn3)CC2)cs1. The first-order valence-corrected chi connectivity index (χ1v) is 8.32. The fourth-order valence-electron chi connectivity index (χ4n) is 2.61. The zero-order valence-corrected chi connectivity index (χ0v) is 13.4. The molecular weight excluding hydrogens is 298 g/mol. The molecule has 1 aliphatic rings. The van der Waals surface area contributed by atoms with E-state index in [4.69, 9.17) is 0 Å². The fourth-order valence-corrected chi connectivity index (χ4v) is 3.23. The molecule has 1 fully saturated rings. The molecule has 7 heteroatoms. The average molecular weight is 317 g/mol. The van der Waals surface area contributed by atoms with Gasteiger partial charge in [0, 0.05) is 37.8 Å². The van der Waals surface area contributed by atoms with E-state index in [-0.39, 0.29) is 5.91 Å². The Hall–Kier alpha value is -2.02. The second-order valence-corrected chi connectivity index (χ2v) is 6.40. The van der Waals surface area contributed by atoms with E-state index >= 15 is 0 Å². The van der Waals surface area contributed by atoms with Gasteiger partial charge in [0.2, 0.25) is 5.91 Å². The lowest BCUT2D eigenvalue weighted by atomic mass is 10.3. The van der Waals surface area contributed by atoms with Crippen LogP contribution in [0.4, 0.5) is 5.82 Å². The summed E-state index contributed by atoms with van der Waals surface area (Å²) in [6, 6.07) is 3.85. The summed E-state index contributed by atoms with van der Waals surface area (Å²) in [7, 11) is 0. The quantitative estimate of drug-likeness (QED) is 0.859. The van der Waals surface area contributed by atoms with E-state index in [0.29, 0.717) is 6.42 Å². The molecular formula is C15H19N5OS. The summed E-state index contributed by atoms with van der Waals surface area (Å²) < 4.78 is 0. The molecule has 1 saturated heterocycles. The van der Waals surface area contributed by atoms with Gasteiger partial charge in [0.05, 0.1) is 17.1 Å². The normalized spacial score (nSPS) is 15.7. The van der Waals surface area contributed by atoms with Gasteiger partial charge in [-0.25, -0.2) is 4.98 Å². The monoisotopic (exact) mass is 317 g/mol. The van der Waals surface area contributed by atoms with Crippen LogP contribution in [0.2, 0.25) is 0 Å². The minimum atomic E-state index is 0.159. The Kier molecular flexibility index (Phi) is 4.62. The van der Waals surface area contributed by atoms with E-state index in [1.165, 1.54) is 0 Å². The number of nitrogens with zero attached hydrogens (tertiary/aromatic N) is 5. The van der Waals surface area contributed by atoms with Gasteiger partial charge < -0.3 is 9.80 Å². The first-order chi connectivity index (χ1) is 10.7. The Morgan fingerprint density at radius 1 is 1.32 bits per heavy atom. The summed E-state index contributed by atoms with van der Waals surface area (Å²) >= 11 is 1.59. The zero-order valence-electron chi connectivity index (χ0n) is 12.6. The van der Waals surface area contributed by atoms with Gasteiger partial charge in [0.25, 0.3) is 0 Å². The van der Waals surface area contributed by atoms with Crippen LogP contribution in [0.15, 0.2) is 23.7 Å². The van der Waals surface area contributed by atoms with Crippen LogP contribution in [-0.2, 0) is 11.2 Å². The van der Waals surface area contributed by atoms with E-state index in [2.05, 4.69) is 20.1 Å². The molecule has 1 amide bonds. The van der Waals surface area contributed by atoms with Crippen LogP contribution in [0.1, 0.15) is 17.1 Å². The van der Waals surface area contributed by atoms with Gasteiger partial charge in [0.1, 0.15) is 0 Å². The van der Waals surface area contributed by atoms with Gasteiger partial charge in [0.15, 0.2) is 5.82 Å². The number of hydrogen-bond acceptors (Lipinski definition) is 6. The number of carbonyl (C=O) groups excluding carboxylic acids is 1. The van der Waals surface area contributed by atoms with Crippen LogP contribution in [-0.4, -0.2) is 52.2 Å². The molecule has 0 bridgehead atoms. The van der Waals surface area contributed by atoms with Crippen LogP contribution in [0.25, 0.3) is 0 Å². The minimum Gasteiger partial charge on any atom is -0.353 e. The van der Waals surface area contributed by atoms with Crippen molar-refractivity contribution in [1.29, 1.82) is 0 Å². The Bertz CT molecular complexity index is 630. The molecule has 2 aromatic rings. The van der Waals surface area contributed by atoms with Crippen LogP contribution in [0.5, 0.6) is 0 Å².